The van der Waals surface area contributed by atoms with Crippen LogP contribution in [0.2, 0.25) is 0 Å². The fraction of sp³-hybridized carbons (Fsp3) is 0.0769. The Hall–Kier alpha value is -1.92. The average molecular weight is 290 g/mol. The van der Waals surface area contributed by atoms with Crippen LogP contribution < -0.4 is 5.32 Å². The number of pyridine rings is 1. The van der Waals surface area contributed by atoms with E-state index in [0.29, 0.717) is 5.82 Å². The van der Waals surface area contributed by atoms with Crippen molar-refractivity contribution >= 4 is 44.5 Å². The Morgan fingerprint density at radius 2 is 2.16 bits per heavy atom. The van der Waals surface area contributed by atoms with E-state index in [1.165, 1.54) is 11.3 Å². The van der Waals surface area contributed by atoms with E-state index < -0.39 is 12.0 Å². The number of rotatable bonds is 4. The lowest BCUT2D eigenvalue weighted by atomic mass is 10.2. The second-order valence-corrected chi connectivity index (χ2v) is 5.85. The molecule has 1 unspecified atom stereocenters. The van der Waals surface area contributed by atoms with Crippen LogP contribution in [0.15, 0.2) is 41.2 Å². The first-order chi connectivity index (χ1) is 9.25. The molecular weight excluding hydrogens is 280 g/mol. The number of fused-ring (bicyclic) bond motifs is 1. The van der Waals surface area contributed by atoms with Gasteiger partial charge in [-0.1, -0.05) is 6.07 Å². The molecule has 0 aliphatic carbocycles. The van der Waals surface area contributed by atoms with E-state index in [-0.39, 0.29) is 0 Å². The fourth-order valence-corrected chi connectivity index (χ4v) is 3.41. The molecule has 1 atom stereocenters. The molecule has 0 aromatic carbocycles. The summed E-state index contributed by atoms with van der Waals surface area (Å²) in [6.07, 6.45) is 1.69. The Morgan fingerprint density at radius 1 is 1.26 bits per heavy atom. The Bertz CT molecular complexity index is 706. The highest BCUT2D eigenvalue weighted by Crippen LogP contribution is 2.29. The van der Waals surface area contributed by atoms with E-state index in [9.17, 15) is 9.90 Å². The van der Waals surface area contributed by atoms with E-state index in [1.54, 1.807) is 17.5 Å². The van der Waals surface area contributed by atoms with Gasteiger partial charge in [0.2, 0.25) is 0 Å². The third kappa shape index (κ3) is 2.32. The minimum Gasteiger partial charge on any atom is -0.479 e. The van der Waals surface area contributed by atoms with Gasteiger partial charge in [0.05, 0.1) is 0 Å². The van der Waals surface area contributed by atoms with Crippen LogP contribution in [0.4, 0.5) is 5.82 Å². The zero-order valence-corrected chi connectivity index (χ0v) is 11.4. The third-order valence-electron chi connectivity index (χ3n) is 2.74. The van der Waals surface area contributed by atoms with Crippen LogP contribution in [0.5, 0.6) is 0 Å². The Kier molecular flexibility index (Phi) is 3.18. The first-order valence-corrected chi connectivity index (χ1v) is 7.36. The molecule has 3 rings (SSSR count). The van der Waals surface area contributed by atoms with E-state index in [4.69, 9.17) is 0 Å². The maximum Gasteiger partial charge on any atom is 0.331 e. The molecule has 0 aliphatic heterocycles. The second kappa shape index (κ2) is 4.99. The van der Waals surface area contributed by atoms with Gasteiger partial charge < -0.3 is 10.4 Å². The summed E-state index contributed by atoms with van der Waals surface area (Å²) >= 11 is 3.03. The highest BCUT2D eigenvalue weighted by atomic mass is 32.1. The van der Waals surface area contributed by atoms with E-state index >= 15 is 0 Å². The van der Waals surface area contributed by atoms with Gasteiger partial charge in [0.15, 0.2) is 6.04 Å². The van der Waals surface area contributed by atoms with Crippen molar-refractivity contribution in [2.24, 2.45) is 0 Å². The molecule has 3 aromatic heterocycles. The van der Waals surface area contributed by atoms with Gasteiger partial charge in [0, 0.05) is 21.2 Å². The molecule has 0 aliphatic rings. The predicted octanol–water partition coefficient (Wildman–Crippen LogP) is 3.60. The molecule has 96 valence electrons. The van der Waals surface area contributed by atoms with Crippen LogP contribution >= 0.6 is 22.7 Å². The van der Waals surface area contributed by atoms with Crippen LogP contribution in [-0.4, -0.2) is 16.1 Å². The van der Waals surface area contributed by atoms with Gasteiger partial charge in [-0.2, -0.15) is 0 Å². The molecule has 0 saturated carbocycles. The Balaban J connectivity index is 1.98. The number of aromatic nitrogens is 1. The molecule has 19 heavy (non-hydrogen) atoms. The highest BCUT2D eigenvalue weighted by Gasteiger charge is 2.21. The fourth-order valence-electron chi connectivity index (χ4n) is 1.86. The largest absolute Gasteiger partial charge is 0.479 e. The van der Waals surface area contributed by atoms with Crippen molar-refractivity contribution < 1.29 is 9.90 Å². The van der Waals surface area contributed by atoms with Crippen LogP contribution in [0, 0.1) is 0 Å². The van der Waals surface area contributed by atoms with Crippen LogP contribution in [0.3, 0.4) is 0 Å². The van der Waals surface area contributed by atoms with Crippen molar-refractivity contribution in [2.75, 3.05) is 5.32 Å². The number of carbonyl (C=O) groups is 1. The number of nitrogens with zero attached hydrogens (tertiary/aromatic N) is 1. The van der Waals surface area contributed by atoms with Crippen molar-refractivity contribution in [3.05, 3.63) is 46.1 Å². The molecule has 0 fully saturated rings. The Morgan fingerprint density at radius 3 is 2.89 bits per heavy atom. The normalized spacial score (nSPS) is 12.4. The quantitative estimate of drug-likeness (QED) is 0.770. The standard InChI is InChI=1S/C13H10N2O2S2/c16-13(17)11(10-2-1-6-18-10)15-12-8-4-7-19-9(8)3-5-14-12/h1-7,11H,(H,14,15)(H,16,17). The van der Waals surface area contributed by atoms with Gasteiger partial charge in [-0.05, 0) is 29.0 Å². The summed E-state index contributed by atoms with van der Waals surface area (Å²) < 4.78 is 1.09. The van der Waals surface area contributed by atoms with Crippen LogP contribution in [0.25, 0.3) is 10.1 Å². The smallest absolute Gasteiger partial charge is 0.331 e. The lowest BCUT2D eigenvalue weighted by molar-refractivity contribution is -0.138. The number of anilines is 1. The molecule has 0 amide bonds. The molecule has 0 spiro atoms. The van der Waals surface area contributed by atoms with Gasteiger partial charge in [-0.3, -0.25) is 0 Å². The number of carboxylic acids is 1. The van der Waals surface area contributed by atoms with E-state index in [0.717, 1.165) is 15.0 Å². The number of hydrogen-bond donors (Lipinski definition) is 2. The van der Waals surface area contributed by atoms with Crippen molar-refractivity contribution in [2.45, 2.75) is 6.04 Å². The summed E-state index contributed by atoms with van der Waals surface area (Å²) in [6, 6.07) is 6.76. The van der Waals surface area contributed by atoms with Gasteiger partial charge in [0.25, 0.3) is 0 Å². The van der Waals surface area contributed by atoms with Gasteiger partial charge in [0.1, 0.15) is 5.82 Å². The average Bonchev–Trinajstić information content (AvgIpc) is 3.06. The summed E-state index contributed by atoms with van der Waals surface area (Å²) in [5.41, 5.74) is 0. The molecule has 0 saturated heterocycles. The highest BCUT2D eigenvalue weighted by molar-refractivity contribution is 7.17. The molecule has 0 radical (unpaired) electrons. The summed E-state index contributed by atoms with van der Waals surface area (Å²) in [7, 11) is 0. The molecule has 4 nitrogen and oxygen atoms in total. The lowest BCUT2D eigenvalue weighted by Crippen LogP contribution is -2.20. The molecular formula is C13H10N2O2S2. The predicted molar refractivity (Wildman–Crippen MR) is 77.9 cm³/mol. The van der Waals surface area contributed by atoms with Crippen molar-refractivity contribution in [1.82, 2.24) is 4.98 Å². The first-order valence-electron chi connectivity index (χ1n) is 5.60. The van der Waals surface area contributed by atoms with Crippen molar-refractivity contribution in [3.8, 4) is 0 Å². The number of nitrogens with one attached hydrogen (secondary N) is 1. The number of hydrogen-bond acceptors (Lipinski definition) is 5. The molecule has 0 bridgehead atoms. The second-order valence-electron chi connectivity index (χ2n) is 3.92. The topological polar surface area (TPSA) is 62.2 Å². The van der Waals surface area contributed by atoms with Gasteiger partial charge in [-0.15, -0.1) is 22.7 Å². The minimum atomic E-state index is -0.906. The van der Waals surface area contributed by atoms with Crippen LogP contribution in [0.1, 0.15) is 10.9 Å². The van der Waals surface area contributed by atoms with Gasteiger partial charge in [-0.25, -0.2) is 9.78 Å². The summed E-state index contributed by atoms with van der Waals surface area (Å²) in [5, 5.41) is 17.2. The molecule has 3 aromatic rings. The summed E-state index contributed by atoms with van der Waals surface area (Å²) in [5.74, 6) is -0.295. The zero-order valence-electron chi connectivity index (χ0n) is 9.74. The van der Waals surface area contributed by atoms with Crippen molar-refractivity contribution in [1.29, 1.82) is 0 Å². The van der Waals surface area contributed by atoms with Gasteiger partial charge >= 0.3 is 5.97 Å². The first kappa shape index (κ1) is 12.1. The Labute approximate surface area is 117 Å². The number of aliphatic carboxylic acids is 1. The lowest BCUT2D eigenvalue weighted by Gasteiger charge is -2.14. The molecule has 3 heterocycles. The maximum atomic E-state index is 11.4. The van der Waals surface area contributed by atoms with E-state index in [2.05, 4.69) is 10.3 Å². The van der Waals surface area contributed by atoms with Crippen molar-refractivity contribution in [3.63, 3.8) is 0 Å². The summed E-state index contributed by atoms with van der Waals surface area (Å²) in [6.45, 7) is 0. The summed E-state index contributed by atoms with van der Waals surface area (Å²) in [4.78, 5) is 16.4. The maximum absolute atomic E-state index is 11.4. The third-order valence-corrected chi connectivity index (χ3v) is 4.55. The van der Waals surface area contributed by atoms with Crippen LogP contribution in [-0.2, 0) is 4.79 Å². The monoisotopic (exact) mass is 290 g/mol. The molecule has 6 heteroatoms. The SMILES string of the molecule is O=C(O)C(Nc1nccc2sccc12)c1cccs1. The van der Waals surface area contributed by atoms with E-state index in [1.807, 2.05) is 35.0 Å². The zero-order chi connectivity index (χ0) is 13.2. The number of carboxylic acid groups (broad SMARTS) is 1. The molecule has 2 N–H and O–H groups in total. The number of thiophene rings is 2. The minimum absolute atomic E-state index is 0.611.